The predicted molar refractivity (Wildman–Crippen MR) is 110 cm³/mol. The van der Waals surface area contributed by atoms with Gasteiger partial charge in [0.1, 0.15) is 11.1 Å². The first-order valence-corrected chi connectivity index (χ1v) is 9.92. The van der Waals surface area contributed by atoms with Crippen molar-refractivity contribution in [2.45, 2.75) is 31.3 Å². The van der Waals surface area contributed by atoms with Crippen LogP contribution < -0.4 is 4.90 Å². The Morgan fingerprint density at radius 2 is 1.77 bits per heavy atom. The number of hydrogen-bond donors (Lipinski definition) is 0. The molecule has 154 valence electrons. The van der Waals surface area contributed by atoms with Gasteiger partial charge < -0.3 is 4.90 Å². The second kappa shape index (κ2) is 7.70. The minimum atomic E-state index is -0.970. The molecule has 2 aromatic carbocycles. The molecule has 0 aromatic heterocycles. The van der Waals surface area contributed by atoms with Crippen LogP contribution in [0.3, 0.4) is 0 Å². The SMILES string of the molecule is O=C1CC(N(C(=O)c2ccc(Cl)c([N+](=O)[O-])c2)C2CC2)C(=O)N1c1ccc(Cl)cc1. The van der Waals surface area contributed by atoms with E-state index in [4.69, 9.17) is 23.2 Å². The Hall–Kier alpha value is -2.97. The molecule has 0 N–H and O–H groups in total. The minimum absolute atomic E-state index is 0.0446. The zero-order chi connectivity index (χ0) is 21.6. The second-order valence-corrected chi connectivity index (χ2v) is 7.97. The minimum Gasteiger partial charge on any atom is -0.323 e. The zero-order valence-corrected chi connectivity index (χ0v) is 17.0. The number of rotatable bonds is 5. The van der Waals surface area contributed by atoms with Gasteiger partial charge in [-0.15, -0.1) is 0 Å². The molecule has 1 saturated carbocycles. The van der Waals surface area contributed by atoms with Gasteiger partial charge in [-0.25, -0.2) is 4.90 Å². The maximum absolute atomic E-state index is 13.2. The van der Waals surface area contributed by atoms with Gasteiger partial charge in [0.25, 0.3) is 17.5 Å². The van der Waals surface area contributed by atoms with Crippen LogP contribution in [0.15, 0.2) is 42.5 Å². The quantitative estimate of drug-likeness (QED) is 0.393. The number of imide groups is 1. The van der Waals surface area contributed by atoms with Crippen LogP contribution in [0.5, 0.6) is 0 Å². The van der Waals surface area contributed by atoms with Crippen molar-refractivity contribution in [1.29, 1.82) is 0 Å². The third-order valence-electron chi connectivity index (χ3n) is 5.11. The van der Waals surface area contributed by atoms with E-state index in [9.17, 15) is 24.5 Å². The molecule has 1 aliphatic heterocycles. The van der Waals surface area contributed by atoms with Crippen LogP contribution in [-0.2, 0) is 9.59 Å². The Balaban J connectivity index is 1.65. The lowest BCUT2D eigenvalue weighted by atomic mass is 10.1. The van der Waals surface area contributed by atoms with Gasteiger partial charge in [-0.3, -0.25) is 24.5 Å². The topological polar surface area (TPSA) is 101 Å². The van der Waals surface area contributed by atoms with Crippen LogP contribution in [0.4, 0.5) is 11.4 Å². The summed E-state index contributed by atoms with van der Waals surface area (Å²) in [4.78, 5) is 51.8. The van der Waals surface area contributed by atoms with Crippen molar-refractivity contribution in [3.8, 4) is 0 Å². The Morgan fingerprint density at radius 1 is 1.10 bits per heavy atom. The summed E-state index contributed by atoms with van der Waals surface area (Å²) in [5, 5.41) is 11.5. The number of hydrogen-bond acceptors (Lipinski definition) is 5. The first-order valence-electron chi connectivity index (χ1n) is 9.17. The van der Waals surface area contributed by atoms with E-state index in [1.165, 1.54) is 17.0 Å². The molecule has 2 aromatic rings. The van der Waals surface area contributed by atoms with E-state index in [1.54, 1.807) is 24.3 Å². The predicted octanol–water partition coefficient (Wildman–Crippen LogP) is 3.84. The molecule has 3 amide bonds. The number of benzene rings is 2. The summed E-state index contributed by atoms with van der Waals surface area (Å²) in [5.41, 5.74) is 0.0281. The number of nitro benzene ring substituents is 1. The van der Waals surface area contributed by atoms with Crippen molar-refractivity contribution in [2.24, 2.45) is 0 Å². The third-order valence-corrected chi connectivity index (χ3v) is 5.68. The van der Waals surface area contributed by atoms with E-state index >= 15 is 0 Å². The molecule has 4 rings (SSSR count). The van der Waals surface area contributed by atoms with Gasteiger partial charge in [-0.2, -0.15) is 0 Å². The third kappa shape index (κ3) is 3.64. The normalized spacial score (nSPS) is 18.6. The van der Waals surface area contributed by atoms with E-state index in [-0.39, 0.29) is 23.0 Å². The van der Waals surface area contributed by atoms with Crippen LogP contribution in [-0.4, -0.2) is 39.6 Å². The Kier molecular flexibility index (Phi) is 5.21. The lowest BCUT2D eigenvalue weighted by Crippen LogP contribution is -2.46. The first-order chi connectivity index (χ1) is 14.3. The average Bonchev–Trinajstić information content (AvgIpc) is 3.49. The lowest BCUT2D eigenvalue weighted by Gasteiger charge is -2.27. The number of halogens is 2. The Morgan fingerprint density at radius 3 is 2.37 bits per heavy atom. The van der Waals surface area contributed by atoms with E-state index < -0.39 is 34.4 Å². The molecule has 0 spiro atoms. The highest BCUT2D eigenvalue weighted by molar-refractivity contribution is 6.33. The smallest absolute Gasteiger partial charge is 0.288 e. The van der Waals surface area contributed by atoms with Gasteiger partial charge in [0.2, 0.25) is 5.91 Å². The van der Waals surface area contributed by atoms with E-state index in [1.807, 2.05) is 0 Å². The molecule has 8 nitrogen and oxygen atoms in total. The molecule has 1 heterocycles. The summed E-state index contributed by atoms with van der Waals surface area (Å²) in [5.74, 6) is -1.47. The molecule has 1 aliphatic carbocycles. The van der Waals surface area contributed by atoms with E-state index in [0.29, 0.717) is 23.6 Å². The maximum Gasteiger partial charge on any atom is 0.288 e. The molecule has 1 unspecified atom stereocenters. The van der Waals surface area contributed by atoms with E-state index in [0.717, 1.165) is 11.0 Å². The van der Waals surface area contributed by atoms with Crippen LogP contribution in [0, 0.1) is 10.1 Å². The maximum atomic E-state index is 13.2. The van der Waals surface area contributed by atoms with Crippen LogP contribution in [0.2, 0.25) is 10.0 Å². The summed E-state index contributed by atoms with van der Waals surface area (Å²) in [6, 6.07) is 8.85. The second-order valence-electron chi connectivity index (χ2n) is 7.13. The fraction of sp³-hybridized carbons (Fsp3) is 0.250. The highest BCUT2D eigenvalue weighted by Gasteiger charge is 2.49. The molecule has 0 bridgehead atoms. The summed E-state index contributed by atoms with van der Waals surface area (Å²) < 4.78 is 0. The summed E-state index contributed by atoms with van der Waals surface area (Å²) in [6.07, 6.45) is 1.24. The molecule has 2 fully saturated rings. The fourth-order valence-corrected chi connectivity index (χ4v) is 3.86. The number of amides is 3. The Labute approximate surface area is 181 Å². The molecule has 2 aliphatic rings. The number of anilines is 1. The van der Waals surface area contributed by atoms with Crippen molar-refractivity contribution in [3.63, 3.8) is 0 Å². The lowest BCUT2D eigenvalue weighted by molar-refractivity contribution is -0.384. The number of nitrogens with zero attached hydrogens (tertiary/aromatic N) is 3. The van der Waals surface area contributed by atoms with Gasteiger partial charge in [-0.1, -0.05) is 23.2 Å². The van der Waals surface area contributed by atoms with Crippen LogP contribution in [0.25, 0.3) is 0 Å². The van der Waals surface area contributed by atoms with Crippen molar-refractivity contribution < 1.29 is 19.3 Å². The van der Waals surface area contributed by atoms with Gasteiger partial charge in [0.05, 0.1) is 17.0 Å². The van der Waals surface area contributed by atoms with Crippen molar-refractivity contribution in [1.82, 2.24) is 4.90 Å². The van der Waals surface area contributed by atoms with Gasteiger partial charge in [0, 0.05) is 22.7 Å². The largest absolute Gasteiger partial charge is 0.323 e. The number of nitro groups is 1. The fourth-order valence-electron chi connectivity index (χ4n) is 3.54. The monoisotopic (exact) mass is 447 g/mol. The van der Waals surface area contributed by atoms with Crippen LogP contribution in [0.1, 0.15) is 29.6 Å². The molecule has 0 radical (unpaired) electrons. The van der Waals surface area contributed by atoms with Crippen LogP contribution >= 0.6 is 23.2 Å². The molecule has 1 atom stereocenters. The first kappa shape index (κ1) is 20.3. The highest BCUT2D eigenvalue weighted by Crippen LogP contribution is 2.36. The van der Waals surface area contributed by atoms with Crippen molar-refractivity contribution in [3.05, 3.63) is 68.2 Å². The van der Waals surface area contributed by atoms with Gasteiger partial charge in [-0.05, 0) is 49.2 Å². The summed E-state index contributed by atoms with van der Waals surface area (Å²) in [6.45, 7) is 0. The number of carbonyl (C=O) groups is 3. The van der Waals surface area contributed by atoms with Crippen molar-refractivity contribution in [2.75, 3.05) is 4.90 Å². The molecule has 30 heavy (non-hydrogen) atoms. The molecular weight excluding hydrogens is 433 g/mol. The average molecular weight is 448 g/mol. The highest BCUT2D eigenvalue weighted by atomic mass is 35.5. The zero-order valence-electron chi connectivity index (χ0n) is 15.5. The molecule has 1 saturated heterocycles. The summed E-state index contributed by atoms with van der Waals surface area (Å²) in [7, 11) is 0. The van der Waals surface area contributed by atoms with Crippen molar-refractivity contribution >= 4 is 52.3 Å². The molecular formula is C20H15Cl2N3O5. The summed E-state index contributed by atoms with van der Waals surface area (Å²) >= 11 is 11.7. The van der Waals surface area contributed by atoms with Gasteiger partial charge in [0.15, 0.2) is 0 Å². The number of carbonyl (C=O) groups excluding carboxylic acids is 3. The molecule has 10 heteroatoms. The van der Waals surface area contributed by atoms with Gasteiger partial charge >= 0.3 is 0 Å². The van der Waals surface area contributed by atoms with E-state index in [2.05, 4.69) is 0 Å². The Bertz CT molecular complexity index is 1070. The standard InChI is InChI=1S/C20H15Cl2N3O5/c21-12-2-4-14(5-3-12)24-18(26)10-17(20(24)28)23(13-6-7-13)19(27)11-1-8-15(22)16(9-11)25(29)30/h1-5,8-9,13,17H,6-7,10H2.